The standard InChI is InChI=1S/C20H26N4O/c25-20(17-14-23(15-17)19-8-2-1-3-9-19)22-18-7-4-6-16(12-18)13-24-11-5-10-21-24/h4-7,10-12,17,19H,1-3,8-9,13-15H2,(H,22,25). The minimum Gasteiger partial charge on any atom is -0.326 e. The molecule has 2 fully saturated rings. The quantitative estimate of drug-likeness (QED) is 0.911. The molecule has 1 aliphatic heterocycles. The zero-order valence-corrected chi connectivity index (χ0v) is 14.6. The maximum atomic E-state index is 12.5. The van der Waals surface area contributed by atoms with Crippen molar-refractivity contribution in [2.75, 3.05) is 18.4 Å². The second kappa shape index (κ2) is 7.40. The predicted octanol–water partition coefficient (Wildman–Crippen LogP) is 3.13. The number of likely N-dealkylation sites (tertiary alicyclic amines) is 1. The lowest BCUT2D eigenvalue weighted by Gasteiger charge is -2.45. The molecule has 0 radical (unpaired) electrons. The Hall–Kier alpha value is -2.14. The van der Waals surface area contributed by atoms with E-state index in [1.807, 2.05) is 35.1 Å². The molecule has 1 N–H and O–H groups in total. The lowest BCUT2D eigenvalue weighted by atomic mass is 9.88. The van der Waals surface area contributed by atoms with Gasteiger partial charge >= 0.3 is 0 Å². The summed E-state index contributed by atoms with van der Waals surface area (Å²) in [5.41, 5.74) is 2.02. The van der Waals surface area contributed by atoms with E-state index in [0.29, 0.717) is 0 Å². The first-order valence-electron chi connectivity index (χ1n) is 9.39. The number of aromatic nitrogens is 2. The Kier molecular flexibility index (Phi) is 4.83. The Morgan fingerprint density at radius 1 is 1.16 bits per heavy atom. The summed E-state index contributed by atoms with van der Waals surface area (Å²) in [7, 11) is 0. The van der Waals surface area contributed by atoms with Crippen LogP contribution in [0.1, 0.15) is 37.7 Å². The zero-order chi connectivity index (χ0) is 17.1. The summed E-state index contributed by atoms with van der Waals surface area (Å²) < 4.78 is 1.88. The van der Waals surface area contributed by atoms with Crippen molar-refractivity contribution in [2.24, 2.45) is 5.92 Å². The van der Waals surface area contributed by atoms with Crippen molar-refractivity contribution in [1.29, 1.82) is 0 Å². The van der Waals surface area contributed by atoms with Gasteiger partial charge < -0.3 is 5.32 Å². The summed E-state index contributed by atoms with van der Waals surface area (Å²) in [6.45, 7) is 2.56. The van der Waals surface area contributed by atoms with Crippen molar-refractivity contribution in [2.45, 2.75) is 44.7 Å². The van der Waals surface area contributed by atoms with E-state index < -0.39 is 0 Å². The van der Waals surface area contributed by atoms with Crippen LogP contribution < -0.4 is 5.32 Å². The van der Waals surface area contributed by atoms with Crippen LogP contribution in [-0.4, -0.2) is 39.7 Å². The lowest BCUT2D eigenvalue weighted by molar-refractivity contribution is -0.126. The monoisotopic (exact) mass is 338 g/mol. The van der Waals surface area contributed by atoms with Crippen LogP contribution in [0.3, 0.4) is 0 Å². The molecule has 1 saturated heterocycles. The highest BCUT2D eigenvalue weighted by molar-refractivity contribution is 5.93. The fourth-order valence-corrected chi connectivity index (χ4v) is 4.00. The van der Waals surface area contributed by atoms with E-state index in [1.165, 1.54) is 32.1 Å². The van der Waals surface area contributed by atoms with Gasteiger partial charge in [0.1, 0.15) is 0 Å². The third-order valence-electron chi connectivity index (χ3n) is 5.47. The SMILES string of the molecule is O=C(Nc1cccc(Cn2cccn2)c1)C1CN(C2CCCCC2)C1. The molecule has 132 valence electrons. The number of hydrogen-bond donors (Lipinski definition) is 1. The van der Waals surface area contributed by atoms with Crippen LogP contribution in [0, 0.1) is 5.92 Å². The molecule has 1 amide bonds. The number of carbonyl (C=O) groups excluding carboxylic acids is 1. The van der Waals surface area contributed by atoms with Crippen molar-refractivity contribution >= 4 is 11.6 Å². The van der Waals surface area contributed by atoms with Crippen LogP contribution in [-0.2, 0) is 11.3 Å². The zero-order valence-electron chi connectivity index (χ0n) is 14.6. The topological polar surface area (TPSA) is 50.2 Å². The van der Waals surface area contributed by atoms with Crippen molar-refractivity contribution in [3.05, 3.63) is 48.3 Å². The first-order chi connectivity index (χ1) is 12.3. The van der Waals surface area contributed by atoms with E-state index in [4.69, 9.17) is 0 Å². The summed E-state index contributed by atoms with van der Waals surface area (Å²) in [4.78, 5) is 15.0. The molecular weight excluding hydrogens is 312 g/mol. The van der Waals surface area contributed by atoms with Gasteiger partial charge in [-0.15, -0.1) is 0 Å². The van der Waals surface area contributed by atoms with E-state index in [0.717, 1.165) is 36.9 Å². The summed E-state index contributed by atoms with van der Waals surface area (Å²) in [5.74, 6) is 0.292. The second-order valence-electron chi connectivity index (χ2n) is 7.34. The van der Waals surface area contributed by atoms with Gasteiger partial charge in [-0.2, -0.15) is 5.10 Å². The number of benzene rings is 1. The molecule has 5 heteroatoms. The van der Waals surface area contributed by atoms with Crippen molar-refractivity contribution < 1.29 is 4.79 Å². The number of carbonyl (C=O) groups is 1. The predicted molar refractivity (Wildman–Crippen MR) is 98.3 cm³/mol. The molecule has 5 nitrogen and oxygen atoms in total. The number of anilines is 1. The van der Waals surface area contributed by atoms with Gasteiger partial charge in [0.25, 0.3) is 0 Å². The van der Waals surface area contributed by atoms with Crippen molar-refractivity contribution in [3.63, 3.8) is 0 Å². The first kappa shape index (κ1) is 16.3. The van der Waals surface area contributed by atoms with Crippen LogP contribution >= 0.6 is 0 Å². The molecule has 1 aromatic heterocycles. The Bertz CT molecular complexity index is 700. The molecule has 1 aromatic carbocycles. The average molecular weight is 338 g/mol. The third-order valence-corrected chi connectivity index (χ3v) is 5.47. The lowest BCUT2D eigenvalue weighted by Crippen LogP contribution is -2.56. The van der Waals surface area contributed by atoms with Gasteiger partial charge in [0, 0.05) is 37.2 Å². The van der Waals surface area contributed by atoms with Crippen molar-refractivity contribution in [1.82, 2.24) is 14.7 Å². The van der Waals surface area contributed by atoms with Gasteiger partial charge in [0.2, 0.25) is 5.91 Å². The molecule has 2 heterocycles. The average Bonchev–Trinajstić information content (AvgIpc) is 3.08. The Morgan fingerprint density at radius 2 is 2.00 bits per heavy atom. The van der Waals surface area contributed by atoms with E-state index >= 15 is 0 Å². The number of nitrogens with zero attached hydrogens (tertiary/aromatic N) is 3. The highest BCUT2D eigenvalue weighted by atomic mass is 16.2. The first-order valence-corrected chi connectivity index (χ1v) is 9.39. The highest BCUT2D eigenvalue weighted by Gasteiger charge is 2.36. The largest absolute Gasteiger partial charge is 0.326 e. The number of hydrogen-bond acceptors (Lipinski definition) is 3. The molecule has 0 spiro atoms. The maximum absolute atomic E-state index is 12.5. The van der Waals surface area contributed by atoms with Gasteiger partial charge in [0.05, 0.1) is 12.5 Å². The van der Waals surface area contributed by atoms with Crippen LogP contribution in [0.5, 0.6) is 0 Å². The Balaban J connectivity index is 1.29. The summed E-state index contributed by atoms with van der Waals surface area (Å²) >= 11 is 0. The molecular formula is C20H26N4O. The molecule has 2 aromatic rings. The van der Waals surface area contributed by atoms with Gasteiger partial charge in [-0.3, -0.25) is 14.4 Å². The normalized spacial score (nSPS) is 19.5. The molecule has 0 unspecified atom stereocenters. The highest BCUT2D eigenvalue weighted by Crippen LogP contribution is 2.29. The van der Waals surface area contributed by atoms with Gasteiger partial charge in [0.15, 0.2) is 0 Å². The molecule has 0 atom stereocenters. The second-order valence-corrected chi connectivity index (χ2v) is 7.34. The van der Waals surface area contributed by atoms with Gasteiger partial charge in [-0.25, -0.2) is 0 Å². The summed E-state index contributed by atoms with van der Waals surface area (Å²) in [5, 5.41) is 7.32. The molecule has 0 bridgehead atoms. The minimum atomic E-state index is 0.136. The fourth-order valence-electron chi connectivity index (χ4n) is 4.00. The van der Waals surface area contributed by atoms with E-state index in [2.05, 4.69) is 21.4 Å². The van der Waals surface area contributed by atoms with Crippen LogP contribution in [0.2, 0.25) is 0 Å². The molecule has 1 aliphatic carbocycles. The van der Waals surface area contributed by atoms with Crippen molar-refractivity contribution in [3.8, 4) is 0 Å². The van der Waals surface area contributed by atoms with Crippen LogP contribution in [0.15, 0.2) is 42.7 Å². The van der Waals surface area contributed by atoms with Crippen LogP contribution in [0.4, 0.5) is 5.69 Å². The Morgan fingerprint density at radius 3 is 2.76 bits per heavy atom. The van der Waals surface area contributed by atoms with Gasteiger partial charge in [-0.1, -0.05) is 31.4 Å². The molecule has 4 rings (SSSR count). The molecule has 25 heavy (non-hydrogen) atoms. The van der Waals surface area contributed by atoms with E-state index in [9.17, 15) is 4.79 Å². The number of nitrogens with one attached hydrogen (secondary N) is 1. The van der Waals surface area contributed by atoms with Gasteiger partial charge in [-0.05, 0) is 36.6 Å². The minimum absolute atomic E-state index is 0.136. The van der Waals surface area contributed by atoms with E-state index in [1.54, 1.807) is 6.20 Å². The molecule has 1 saturated carbocycles. The Labute approximate surface area is 149 Å². The van der Waals surface area contributed by atoms with Crippen LogP contribution in [0.25, 0.3) is 0 Å². The third kappa shape index (κ3) is 3.93. The molecule has 2 aliphatic rings. The smallest absolute Gasteiger partial charge is 0.230 e. The summed E-state index contributed by atoms with van der Waals surface area (Å²) in [6, 6.07) is 10.7. The fraction of sp³-hybridized carbons (Fsp3) is 0.500. The number of amides is 1. The maximum Gasteiger partial charge on any atom is 0.230 e. The van der Waals surface area contributed by atoms with E-state index in [-0.39, 0.29) is 11.8 Å². The number of rotatable bonds is 5. The summed E-state index contributed by atoms with van der Waals surface area (Å²) in [6.07, 6.45) is 10.4.